The van der Waals surface area contributed by atoms with E-state index in [0.717, 1.165) is 0 Å². The summed E-state index contributed by atoms with van der Waals surface area (Å²) in [5.41, 5.74) is 6.00. The first-order valence-electron chi connectivity index (χ1n) is 7.39. The lowest BCUT2D eigenvalue weighted by Crippen LogP contribution is -2.45. The Balaban J connectivity index is 2.24. The first-order valence-corrected chi connectivity index (χ1v) is 7.39. The second-order valence-electron chi connectivity index (χ2n) is 5.25. The smallest absolute Gasteiger partial charge is 0.269 e. The molecule has 2 aromatic carbocycles. The van der Waals surface area contributed by atoms with Crippen molar-refractivity contribution in [1.82, 2.24) is 5.32 Å². The SMILES string of the molecule is COc1ccc([N+](=O)[O-])cc1C[C@H](NC(=O)c1ccccc1)C(N)=O. The summed E-state index contributed by atoms with van der Waals surface area (Å²) < 4.78 is 5.16. The maximum absolute atomic E-state index is 12.2. The number of rotatable bonds is 7. The first-order chi connectivity index (χ1) is 11.9. The van der Waals surface area contributed by atoms with Gasteiger partial charge in [0.25, 0.3) is 11.6 Å². The predicted octanol–water partition coefficient (Wildman–Crippen LogP) is 1.43. The molecule has 8 heteroatoms. The van der Waals surface area contributed by atoms with E-state index in [1.807, 2.05) is 0 Å². The second kappa shape index (κ2) is 7.91. The molecule has 2 rings (SSSR count). The molecular weight excluding hydrogens is 326 g/mol. The van der Waals surface area contributed by atoms with E-state index >= 15 is 0 Å². The molecule has 0 aliphatic rings. The maximum atomic E-state index is 12.2. The highest BCUT2D eigenvalue weighted by atomic mass is 16.6. The normalized spacial score (nSPS) is 11.4. The largest absolute Gasteiger partial charge is 0.496 e. The molecule has 0 radical (unpaired) electrons. The summed E-state index contributed by atoms with van der Waals surface area (Å²) in [6.07, 6.45) is -0.0290. The summed E-state index contributed by atoms with van der Waals surface area (Å²) in [5.74, 6) is -0.850. The fraction of sp³-hybridized carbons (Fsp3) is 0.176. The maximum Gasteiger partial charge on any atom is 0.269 e. The number of primary amides is 1. The molecule has 0 spiro atoms. The van der Waals surface area contributed by atoms with Gasteiger partial charge in [0, 0.05) is 29.7 Å². The summed E-state index contributed by atoms with van der Waals surface area (Å²) in [5, 5.41) is 13.5. The van der Waals surface area contributed by atoms with Crippen molar-refractivity contribution in [2.24, 2.45) is 5.73 Å². The number of nitrogens with two attached hydrogens (primary N) is 1. The number of carbonyl (C=O) groups excluding carboxylic acids is 2. The Morgan fingerprint density at radius 1 is 1.24 bits per heavy atom. The van der Waals surface area contributed by atoms with E-state index in [2.05, 4.69) is 5.32 Å². The third-order valence-corrected chi connectivity index (χ3v) is 3.58. The molecule has 0 saturated heterocycles. The van der Waals surface area contributed by atoms with Crippen LogP contribution in [0, 0.1) is 10.1 Å². The Kier molecular flexibility index (Phi) is 5.67. The average Bonchev–Trinajstić information content (AvgIpc) is 2.61. The Bertz CT molecular complexity index is 792. The van der Waals surface area contributed by atoms with Crippen molar-refractivity contribution in [2.45, 2.75) is 12.5 Å². The van der Waals surface area contributed by atoms with Crippen LogP contribution in [0.5, 0.6) is 5.75 Å². The molecular formula is C17H17N3O5. The van der Waals surface area contributed by atoms with Crippen LogP contribution in [0.3, 0.4) is 0 Å². The third kappa shape index (κ3) is 4.54. The Hall–Kier alpha value is -3.42. The van der Waals surface area contributed by atoms with Crippen LogP contribution in [0.25, 0.3) is 0 Å². The van der Waals surface area contributed by atoms with Gasteiger partial charge >= 0.3 is 0 Å². The number of amides is 2. The number of non-ortho nitro benzene ring substituents is 1. The standard InChI is InChI=1S/C17H17N3O5/c1-25-15-8-7-13(20(23)24)9-12(15)10-14(16(18)21)19-17(22)11-5-3-2-4-6-11/h2-9,14H,10H2,1H3,(H2,18,21)(H,19,22)/t14-/m0/s1. The molecule has 25 heavy (non-hydrogen) atoms. The zero-order valence-corrected chi connectivity index (χ0v) is 13.5. The average molecular weight is 343 g/mol. The van der Waals surface area contributed by atoms with Gasteiger partial charge in [0.15, 0.2) is 0 Å². The van der Waals surface area contributed by atoms with Crippen molar-refractivity contribution in [1.29, 1.82) is 0 Å². The molecule has 0 aromatic heterocycles. The summed E-state index contributed by atoms with van der Waals surface area (Å²) in [7, 11) is 1.41. The van der Waals surface area contributed by atoms with Crippen molar-refractivity contribution in [3.05, 3.63) is 69.8 Å². The number of methoxy groups -OCH3 is 1. The van der Waals surface area contributed by atoms with Gasteiger partial charge in [-0.15, -0.1) is 0 Å². The van der Waals surface area contributed by atoms with Crippen LogP contribution in [0.2, 0.25) is 0 Å². The molecule has 3 N–H and O–H groups in total. The minimum atomic E-state index is -1.04. The van der Waals surface area contributed by atoms with Gasteiger partial charge in [0.05, 0.1) is 12.0 Å². The number of nitrogens with one attached hydrogen (secondary N) is 1. The number of carbonyl (C=O) groups is 2. The Labute approximate surface area is 143 Å². The number of nitro benzene ring substituents is 1. The topological polar surface area (TPSA) is 125 Å². The molecule has 8 nitrogen and oxygen atoms in total. The highest BCUT2D eigenvalue weighted by Gasteiger charge is 2.22. The van der Waals surface area contributed by atoms with Gasteiger partial charge in [0.2, 0.25) is 5.91 Å². The fourth-order valence-electron chi connectivity index (χ4n) is 2.31. The monoisotopic (exact) mass is 343 g/mol. The second-order valence-corrected chi connectivity index (χ2v) is 5.25. The molecule has 0 bridgehead atoms. The Morgan fingerprint density at radius 3 is 2.48 bits per heavy atom. The molecule has 0 aliphatic carbocycles. The van der Waals surface area contributed by atoms with E-state index < -0.39 is 22.8 Å². The van der Waals surface area contributed by atoms with Crippen LogP contribution in [0.15, 0.2) is 48.5 Å². The van der Waals surface area contributed by atoms with Crippen LogP contribution in [0.4, 0.5) is 5.69 Å². The van der Waals surface area contributed by atoms with Gasteiger partial charge in [-0.3, -0.25) is 19.7 Å². The van der Waals surface area contributed by atoms with Crippen LogP contribution in [0.1, 0.15) is 15.9 Å². The number of nitrogens with zero attached hydrogens (tertiary/aromatic N) is 1. The summed E-state index contributed by atoms with van der Waals surface area (Å²) in [4.78, 5) is 34.3. The van der Waals surface area contributed by atoms with E-state index in [0.29, 0.717) is 16.9 Å². The highest BCUT2D eigenvalue weighted by molar-refractivity contribution is 5.97. The van der Waals surface area contributed by atoms with Crippen LogP contribution < -0.4 is 15.8 Å². The minimum absolute atomic E-state index is 0.0290. The lowest BCUT2D eigenvalue weighted by Gasteiger charge is -2.17. The van der Waals surface area contributed by atoms with Gasteiger partial charge in [-0.05, 0) is 18.2 Å². The number of benzene rings is 2. The minimum Gasteiger partial charge on any atom is -0.496 e. The lowest BCUT2D eigenvalue weighted by molar-refractivity contribution is -0.384. The number of hydrogen-bond donors (Lipinski definition) is 2. The van der Waals surface area contributed by atoms with Gasteiger partial charge in [-0.2, -0.15) is 0 Å². The van der Waals surface area contributed by atoms with Crippen LogP contribution in [-0.4, -0.2) is 29.9 Å². The van der Waals surface area contributed by atoms with Crippen LogP contribution in [-0.2, 0) is 11.2 Å². The van der Waals surface area contributed by atoms with Crippen molar-refractivity contribution >= 4 is 17.5 Å². The number of hydrogen-bond acceptors (Lipinski definition) is 5. The first kappa shape index (κ1) is 17.9. The summed E-state index contributed by atoms with van der Waals surface area (Å²) >= 11 is 0. The van der Waals surface area contributed by atoms with Crippen molar-refractivity contribution in [2.75, 3.05) is 7.11 Å². The molecule has 130 valence electrons. The molecule has 0 unspecified atom stereocenters. The highest BCUT2D eigenvalue weighted by Crippen LogP contribution is 2.25. The van der Waals surface area contributed by atoms with Gasteiger partial charge < -0.3 is 15.8 Å². The van der Waals surface area contributed by atoms with E-state index in [4.69, 9.17) is 10.5 Å². The van der Waals surface area contributed by atoms with Crippen molar-refractivity contribution in [3.63, 3.8) is 0 Å². The van der Waals surface area contributed by atoms with Crippen molar-refractivity contribution < 1.29 is 19.2 Å². The molecule has 1 atom stereocenters. The van der Waals surface area contributed by atoms with E-state index in [9.17, 15) is 19.7 Å². The molecule has 0 aliphatic heterocycles. The number of nitro groups is 1. The fourth-order valence-corrected chi connectivity index (χ4v) is 2.31. The Morgan fingerprint density at radius 2 is 1.92 bits per heavy atom. The third-order valence-electron chi connectivity index (χ3n) is 3.58. The van der Waals surface area contributed by atoms with E-state index in [-0.39, 0.29) is 12.1 Å². The van der Waals surface area contributed by atoms with E-state index in [1.54, 1.807) is 30.3 Å². The van der Waals surface area contributed by atoms with Gasteiger partial charge in [-0.1, -0.05) is 18.2 Å². The predicted molar refractivity (Wildman–Crippen MR) is 90.2 cm³/mol. The van der Waals surface area contributed by atoms with Gasteiger partial charge in [-0.25, -0.2) is 0 Å². The van der Waals surface area contributed by atoms with Crippen LogP contribution >= 0.6 is 0 Å². The summed E-state index contributed by atoms with van der Waals surface area (Å²) in [6.45, 7) is 0. The quantitative estimate of drug-likeness (QED) is 0.581. The molecule has 0 heterocycles. The zero-order valence-electron chi connectivity index (χ0n) is 13.5. The molecule has 2 aromatic rings. The number of ether oxygens (including phenoxy) is 1. The van der Waals surface area contributed by atoms with E-state index in [1.165, 1.54) is 25.3 Å². The molecule has 0 saturated carbocycles. The lowest BCUT2D eigenvalue weighted by atomic mass is 10.0. The van der Waals surface area contributed by atoms with Crippen molar-refractivity contribution in [3.8, 4) is 5.75 Å². The zero-order chi connectivity index (χ0) is 18.4. The van der Waals surface area contributed by atoms with Gasteiger partial charge in [0.1, 0.15) is 11.8 Å². The molecule has 2 amide bonds. The summed E-state index contributed by atoms with van der Waals surface area (Å²) in [6, 6.07) is 11.3. The molecule has 0 fully saturated rings.